The van der Waals surface area contributed by atoms with Crippen molar-refractivity contribution in [2.75, 3.05) is 13.1 Å². The second-order valence-electron chi connectivity index (χ2n) is 3.65. The number of hydrogen-bond acceptors (Lipinski definition) is 3. The predicted molar refractivity (Wildman–Crippen MR) is 59.4 cm³/mol. The van der Waals surface area contributed by atoms with E-state index in [1.165, 1.54) is 0 Å². The molecule has 1 heterocycles. The standard InChI is InChI=1S/C10H16N2OS/c1-10(2,8-4-3-7-14-8)9(13)12-6-5-11/h3-4,7H,5-6,11H2,1-2H3,(H,12,13). The van der Waals surface area contributed by atoms with E-state index in [0.717, 1.165) is 4.88 Å². The minimum atomic E-state index is -0.455. The SMILES string of the molecule is CC(C)(C(=O)NCCN)c1cccs1. The number of carbonyl (C=O) groups is 1. The highest BCUT2D eigenvalue weighted by Crippen LogP contribution is 2.27. The normalized spacial score (nSPS) is 11.4. The van der Waals surface area contributed by atoms with Crippen LogP contribution in [0.3, 0.4) is 0 Å². The van der Waals surface area contributed by atoms with Crippen molar-refractivity contribution in [1.82, 2.24) is 5.32 Å². The van der Waals surface area contributed by atoms with E-state index in [2.05, 4.69) is 5.32 Å². The summed E-state index contributed by atoms with van der Waals surface area (Å²) in [5.74, 6) is 0.0328. The first kappa shape index (κ1) is 11.2. The zero-order chi connectivity index (χ0) is 10.6. The Morgan fingerprint density at radius 2 is 2.36 bits per heavy atom. The van der Waals surface area contributed by atoms with Gasteiger partial charge in [-0.2, -0.15) is 0 Å². The molecule has 1 rings (SSSR count). The number of nitrogens with two attached hydrogens (primary N) is 1. The molecular weight excluding hydrogens is 196 g/mol. The zero-order valence-corrected chi connectivity index (χ0v) is 9.36. The lowest BCUT2D eigenvalue weighted by atomic mass is 9.90. The van der Waals surface area contributed by atoms with Crippen LogP contribution in [0.2, 0.25) is 0 Å². The van der Waals surface area contributed by atoms with Crippen molar-refractivity contribution in [1.29, 1.82) is 0 Å². The molecule has 78 valence electrons. The zero-order valence-electron chi connectivity index (χ0n) is 8.54. The molecule has 0 aromatic carbocycles. The summed E-state index contributed by atoms with van der Waals surface area (Å²) >= 11 is 1.60. The van der Waals surface area contributed by atoms with Gasteiger partial charge in [0.25, 0.3) is 0 Å². The lowest BCUT2D eigenvalue weighted by Crippen LogP contribution is -2.41. The summed E-state index contributed by atoms with van der Waals surface area (Å²) in [6, 6.07) is 3.94. The average molecular weight is 212 g/mol. The number of hydrogen-bond donors (Lipinski definition) is 2. The number of thiophene rings is 1. The number of rotatable bonds is 4. The van der Waals surface area contributed by atoms with Crippen LogP contribution in [0.1, 0.15) is 18.7 Å². The predicted octanol–water partition coefficient (Wildman–Crippen LogP) is 1.10. The van der Waals surface area contributed by atoms with Gasteiger partial charge in [-0.25, -0.2) is 0 Å². The van der Waals surface area contributed by atoms with Gasteiger partial charge < -0.3 is 11.1 Å². The highest BCUT2D eigenvalue weighted by Gasteiger charge is 2.30. The fourth-order valence-electron chi connectivity index (χ4n) is 1.15. The molecule has 4 heteroatoms. The highest BCUT2D eigenvalue weighted by molar-refractivity contribution is 7.10. The van der Waals surface area contributed by atoms with E-state index in [0.29, 0.717) is 13.1 Å². The van der Waals surface area contributed by atoms with E-state index >= 15 is 0 Å². The van der Waals surface area contributed by atoms with Gasteiger partial charge in [-0.3, -0.25) is 4.79 Å². The maximum Gasteiger partial charge on any atom is 0.230 e. The van der Waals surface area contributed by atoms with Crippen molar-refractivity contribution in [2.45, 2.75) is 19.3 Å². The van der Waals surface area contributed by atoms with Crippen LogP contribution < -0.4 is 11.1 Å². The Morgan fingerprint density at radius 3 is 2.86 bits per heavy atom. The molecule has 1 aromatic heterocycles. The second kappa shape index (κ2) is 4.57. The van der Waals surface area contributed by atoms with Crippen LogP contribution in [0, 0.1) is 0 Å². The van der Waals surface area contributed by atoms with Crippen molar-refractivity contribution >= 4 is 17.2 Å². The van der Waals surface area contributed by atoms with Crippen LogP contribution in [0.5, 0.6) is 0 Å². The molecule has 0 fully saturated rings. The lowest BCUT2D eigenvalue weighted by molar-refractivity contribution is -0.125. The molecule has 3 nitrogen and oxygen atoms in total. The summed E-state index contributed by atoms with van der Waals surface area (Å²) in [6.07, 6.45) is 0. The number of amides is 1. The third kappa shape index (κ3) is 2.33. The van der Waals surface area contributed by atoms with Gasteiger partial charge in [-0.1, -0.05) is 6.07 Å². The van der Waals surface area contributed by atoms with E-state index in [9.17, 15) is 4.79 Å². The molecule has 0 radical (unpaired) electrons. The van der Waals surface area contributed by atoms with Gasteiger partial charge in [-0.15, -0.1) is 11.3 Å². The average Bonchev–Trinajstić information content (AvgIpc) is 2.67. The molecule has 14 heavy (non-hydrogen) atoms. The minimum Gasteiger partial charge on any atom is -0.354 e. The molecule has 0 saturated heterocycles. The Balaban J connectivity index is 2.70. The first-order valence-electron chi connectivity index (χ1n) is 4.61. The van der Waals surface area contributed by atoms with Crippen molar-refractivity contribution in [3.05, 3.63) is 22.4 Å². The summed E-state index contributed by atoms with van der Waals surface area (Å²) in [6.45, 7) is 4.86. The van der Waals surface area contributed by atoms with E-state index in [1.54, 1.807) is 11.3 Å². The van der Waals surface area contributed by atoms with E-state index < -0.39 is 5.41 Å². The molecule has 0 bridgehead atoms. The Hall–Kier alpha value is -0.870. The third-order valence-electron chi connectivity index (χ3n) is 2.13. The van der Waals surface area contributed by atoms with Gasteiger partial charge >= 0.3 is 0 Å². The molecule has 0 aliphatic carbocycles. The molecule has 0 atom stereocenters. The highest BCUT2D eigenvalue weighted by atomic mass is 32.1. The number of nitrogens with one attached hydrogen (secondary N) is 1. The number of carbonyl (C=O) groups excluding carboxylic acids is 1. The van der Waals surface area contributed by atoms with E-state index in [1.807, 2.05) is 31.4 Å². The summed E-state index contributed by atoms with van der Waals surface area (Å²) in [5.41, 5.74) is 4.87. The van der Waals surface area contributed by atoms with E-state index in [-0.39, 0.29) is 5.91 Å². The lowest BCUT2D eigenvalue weighted by Gasteiger charge is -2.21. The van der Waals surface area contributed by atoms with Crippen molar-refractivity contribution in [3.8, 4) is 0 Å². The molecule has 1 amide bonds. The molecule has 0 unspecified atom stereocenters. The molecule has 0 aliphatic heterocycles. The fourth-order valence-corrected chi connectivity index (χ4v) is 2.00. The first-order valence-corrected chi connectivity index (χ1v) is 5.49. The Labute approximate surface area is 88.3 Å². The fraction of sp³-hybridized carbons (Fsp3) is 0.500. The molecule has 3 N–H and O–H groups in total. The second-order valence-corrected chi connectivity index (χ2v) is 4.59. The van der Waals surface area contributed by atoms with Crippen LogP contribution in [-0.4, -0.2) is 19.0 Å². The Bertz CT molecular complexity index is 293. The van der Waals surface area contributed by atoms with Crippen LogP contribution in [0.25, 0.3) is 0 Å². The van der Waals surface area contributed by atoms with Crippen LogP contribution >= 0.6 is 11.3 Å². The van der Waals surface area contributed by atoms with Crippen molar-refractivity contribution < 1.29 is 4.79 Å². The molecule has 1 aromatic rings. The monoisotopic (exact) mass is 212 g/mol. The maximum absolute atomic E-state index is 11.8. The van der Waals surface area contributed by atoms with Gasteiger partial charge in [-0.05, 0) is 25.3 Å². The van der Waals surface area contributed by atoms with Crippen molar-refractivity contribution in [2.24, 2.45) is 5.73 Å². The summed E-state index contributed by atoms with van der Waals surface area (Å²) in [4.78, 5) is 12.8. The van der Waals surface area contributed by atoms with Crippen LogP contribution in [0.4, 0.5) is 0 Å². The smallest absolute Gasteiger partial charge is 0.230 e. The summed E-state index contributed by atoms with van der Waals surface area (Å²) in [7, 11) is 0. The van der Waals surface area contributed by atoms with Gasteiger partial charge in [0.05, 0.1) is 5.41 Å². The van der Waals surface area contributed by atoms with Crippen LogP contribution in [0.15, 0.2) is 17.5 Å². The molecule has 0 aliphatic rings. The topological polar surface area (TPSA) is 55.1 Å². The quantitative estimate of drug-likeness (QED) is 0.785. The largest absolute Gasteiger partial charge is 0.354 e. The third-order valence-corrected chi connectivity index (χ3v) is 3.33. The van der Waals surface area contributed by atoms with Gasteiger partial charge in [0.2, 0.25) is 5.91 Å². The Kier molecular flexibility index (Phi) is 3.66. The summed E-state index contributed by atoms with van der Waals surface area (Å²) < 4.78 is 0. The first-order chi connectivity index (χ1) is 6.59. The molecule has 0 spiro atoms. The molecular formula is C10H16N2OS. The van der Waals surface area contributed by atoms with Gasteiger partial charge in [0.1, 0.15) is 0 Å². The van der Waals surface area contributed by atoms with Gasteiger partial charge in [0, 0.05) is 18.0 Å². The van der Waals surface area contributed by atoms with E-state index in [4.69, 9.17) is 5.73 Å². The van der Waals surface area contributed by atoms with Gasteiger partial charge in [0.15, 0.2) is 0 Å². The molecule has 0 saturated carbocycles. The van der Waals surface area contributed by atoms with Crippen LogP contribution in [-0.2, 0) is 10.2 Å². The minimum absolute atomic E-state index is 0.0328. The Morgan fingerprint density at radius 1 is 1.64 bits per heavy atom. The summed E-state index contributed by atoms with van der Waals surface area (Å²) in [5, 5.41) is 4.78. The van der Waals surface area contributed by atoms with Crippen molar-refractivity contribution in [3.63, 3.8) is 0 Å². The maximum atomic E-state index is 11.8.